The van der Waals surface area contributed by atoms with Crippen LogP contribution in [0.5, 0.6) is 0 Å². The van der Waals surface area contributed by atoms with Crippen LogP contribution in [0.15, 0.2) is 30.3 Å². The Morgan fingerprint density at radius 1 is 0.952 bits per heavy atom. The van der Waals surface area contributed by atoms with E-state index in [1.807, 2.05) is 0 Å². The van der Waals surface area contributed by atoms with Crippen molar-refractivity contribution in [3.8, 4) is 0 Å². The molecule has 2 aromatic rings. The number of nitrogens with two attached hydrogens (primary N) is 1. The third kappa shape index (κ3) is 3.24. The predicted octanol–water partition coefficient (Wildman–Crippen LogP) is 4.62. The highest BCUT2D eigenvalue weighted by Crippen LogP contribution is 2.34. The lowest BCUT2D eigenvalue weighted by Gasteiger charge is -2.14. The maximum absolute atomic E-state index is 13.6. The van der Waals surface area contributed by atoms with E-state index in [-0.39, 0.29) is 22.6 Å². The lowest BCUT2D eigenvalue weighted by Crippen LogP contribution is -2.07. The van der Waals surface area contributed by atoms with Gasteiger partial charge < -0.3 is 11.1 Å². The van der Waals surface area contributed by atoms with Gasteiger partial charge in [-0.25, -0.2) is 8.78 Å². The Labute approximate surface area is 117 Å². The average molecular weight is 302 g/mol. The summed E-state index contributed by atoms with van der Waals surface area (Å²) in [5, 5.41) is 2.45. The molecule has 3 N–H and O–H groups in total. The Balaban J connectivity index is 2.42. The monoisotopic (exact) mass is 302 g/mol. The first-order valence-electron chi connectivity index (χ1n) is 5.88. The Hall–Kier alpha value is -2.31. The zero-order valence-corrected chi connectivity index (χ0v) is 10.9. The molecule has 0 bridgehead atoms. The van der Waals surface area contributed by atoms with E-state index < -0.39 is 23.4 Å². The number of alkyl halides is 3. The molecule has 0 heterocycles. The van der Waals surface area contributed by atoms with E-state index in [0.717, 1.165) is 6.07 Å². The molecule has 0 saturated carbocycles. The number of rotatable bonds is 2. The number of nitrogen functional groups attached to an aromatic ring is 1. The quantitative estimate of drug-likeness (QED) is 0.627. The number of hydrogen-bond donors (Lipinski definition) is 2. The van der Waals surface area contributed by atoms with Crippen molar-refractivity contribution >= 4 is 17.1 Å². The molecular formula is C14H11F5N2. The highest BCUT2D eigenvalue weighted by atomic mass is 19.4. The van der Waals surface area contributed by atoms with E-state index in [1.165, 1.54) is 13.0 Å². The molecular weight excluding hydrogens is 291 g/mol. The number of anilines is 3. The van der Waals surface area contributed by atoms with Gasteiger partial charge in [-0.15, -0.1) is 0 Å². The minimum atomic E-state index is -4.59. The number of nitrogens with one attached hydrogen (secondary N) is 1. The number of benzene rings is 2. The van der Waals surface area contributed by atoms with Crippen molar-refractivity contribution in [2.75, 3.05) is 11.1 Å². The Morgan fingerprint density at radius 3 is 2.24 bits per heavy atom. The van der Waals surface area contributed by atoms with Crippen LogP contribution in [0, 0.1) is 18.6 Å². The molecule has 2 rings (SSSR count). The molecule has 0 aliphatic heterocycles. The molecule has 2 nitrogen and oxygen atoms in total. The van der Waals surface area contributed by atoms with Crippen LogP contribution in [0.25, 0.3) is 0 Å². The molecule has 0 fully saturated rings. The molecule has 0 unspecified atom stereocenters. The first-order valence-corrected chi connectivity index (χ1v) is 5.88. The predicted molar refractivity (Wildman–Crippen MR) is 70.2 cm³/mol. The maximum atomic E-state index is 13.6. The maximum Gasteiger partial charge on any atom is 0.416 e. The molecule has 0 atom stereocenters. The summed E-state index contributed by atoms with van der Waals surface area (Å²) in [6.45, 7) is 1.46. The second-order valence-corrected chi connectivity index (χ2v) is 4.51. The Kier molecular flexibility index (Phi) is 3.76. The standard InChI is InChI=1S/C14H11F5N2/c1-7-4-13(11(20)6-10(7)16)21-12-5-8(14(17,18)19)2-3-9(12)15/h2-6,21H,20H2,1H3. The van der Waals surface area contributed by atoms with Crippen LogP contribution in [0.3, 0.4) is 0 Å². The first kappa shape index (κ1) is 15.1. The van der Waals surface area contributed by atoms with Crippen LogP contribution in [-0.2, 0) is 6.18 Å². The zero-order valence-electron chi connectivity index (χ0n) is 10.9. The van der Waals surface area contributed by atoms with Gasteiger partial charge in [0.1, 0.15) is 11.6 Å². The minimum Gasteiger partial charge on any atom is -0.397 e. The van der Waals surface area contributed by atoms with Gasteiger partial charge >= 0.3 is 6.18 Å². The number of aryl methyl sites for hydroxylation is 1. The highest BCUT2D eigenvalue weighted by Gasteiger charge is 2.31. The summed E-state index contributed by atoms with van der Waals surface area (Å²) in [5.41, 5.74) is 4.52. The van der Waals surface area contributed by atoms with E-state index in [9.17, 15) is 22.0 Å². The van der Waals surface area contributed by atoms with E-state index in [2.05, 4.69) is 5.32 Å². The topological polar surface area (TPSA) is 38.0 Å². The van der Waals surface area contributed by atoms with Crippen LogP contribution >= 0.6 is 0 Å². The average Bonchev–Trinajstić information content (AvgIpc) is 2.37. The number of hydrogen-bond acceptors (Lipinski definition) is 2. The molecule has 112 valence electrons. The largest absolute Gasteiger partial charge is 0.416 e. The number of halogens is 5. The van der Waals surface area contributed by atoms with Gasteiger partial charge in [0.15, 0.2) is 0 Å². The molecule has 0 saturated heterocycles. The van der Waals surface area contributed by atoms with E-state index in [0.29, 0.717) is 18.2 Å². The van der Waals surface area contributed by atoms with E-state index in [4.69, 9.17) is 5.73 Å². The van der Waals surface area contributed by atoms with Crippen LogP contribution in [0.1, 0.15) is 11.1 Å². The van der Waals surface area contributed by atoms with Crippen molar-refractivity contribution in [2.24, 2.45) is 0 Å². The van der Waals surface area contributed by atoms with Crippen LogP contribution in [-0.4, -0.2) is 0 Å². The van der Waals surface area contributed by atoms with Gasteiger partial charge in [-0.1, -0.05) is 0 Å². The van der Waals surface area contributed by atoms with Crippen molar-refractivity contribution in [1.29, 1.82) is 0 Å². The molecule has 0 radical (unpaired) electrons. The molecule has 2 aromatic carbocycles. The van der Waals surface area contributed by atoms with Gasteiger partial charge in [-0.2, -0.15) is 13.2 Å². The van der Waals surface area contributed by atoms with E-state index >= 15 is 0 Å². The van der Waals surface area contributed by atoms with Crippen LogP contribution in [0.4, 0.5) is 39.0 Å². The van der Waals surface area contributed by atoms with Gasteiger partial charge in [0.25, 0.3) is 0 Å². The Bertz CT molecular complexity index is 680. The summed E-state index contributed by atoms with van der Waals surface area (Å²) in [6.07, 6.45) is -4.59. The first-order chi connectivity index (χ1) is 9.68. The fraction of sp³-hybridized carbons (Fsp3) is 0.143. The fourth-order valence-electron chi connectivity index (χ4n) is 1.75. The van der Waals surface area contributed by atoms with Crippen molar-refractivity contribution in [1.82, 2.24) is 0 Å². The van der Waals surface area contributed by atoms with Gasteiger partial charge in [-0.3, -0.25) is 0 Å². The fourth-order valence-corrected chi connectivity index (χ4v) is 1.75. The zero-order chi connectivity index (χ0) is 15.8. The smallest absolute Gasteiger partial charge is 0.397 e. The summed E-state index contributed by atoms with van der Waals surface area (Å²) >= 11 is 0. The normalized spacial score (nSPS) is 11.5. The van der Waals surface area contributed by atoms with E-state index in [1.54, 1.807) is 0 Å². The van der Waals surface area contributed by atoms with Gasteiger partial charge in [-0.05, 0) is 42.8 Å². The van der Waals surface area contributed by atoms with Crippen LogP contribution in [0.2, 0.25) is 0 Å². The summed E-state index contributed by atoms with van der Waals surface area (Å²) in [5.74, 6) is -1.42. The summed E-state index contributed by atoms with van der Waals surface area (Å²) < 4.78 is 64.7. The SMILES string of the molecule is Cc1cc(Nc2cc(C(F)(F)F)ccc2F)c(N)cc1F. The molecule has 21 heavy (non-hydrogen) atoms. The third-order valence-corrected chi connectivity index (χ3v) is 2.89. The second kappa shape index (κ2) is 5.23. The minimum absolute atomic E-state index is 0.0325. The van der Waals surface area contributed by atoms with Crippen LogP contribution < -0.4 is 11.1 Å². The third-order valence-electron chi connectivity index (χ3n) is 2.89. The van der Waals surface area contributed by atoms with Gasteiger partial charge in [0.2, 0.25) is 0 Å². The van der Waals surface area contributed by atoms with Gasteiger partial charge in [0, 0.05) is 0 Å². The van der Waals surface area contributed by atoms with Crippen molar-refractivity contribution in [2.45, 2.75) is 13.1 Å². The lowest BCUT2D eigenvalue weighted by molar-refractivity contribution is -0.137. The second-order valence-electron chi connectivity index (χ2n) is 4.51. The van der Waals surface area contributed by atoms with Crippen molar-refractivity contribution in [3.05, 3.63) is 53.1 Å². The molecule has 0 amide bonds. The lowest BCUT2D eigenvalue weighted by atomic mass is 10.1. The molecule has 0 aromatic heterocycles. The highest BCUT2D eigenvalue weighted by molar-refractivity contribution is 5.73. The summed E-state index contributed by atoms with van der Waals surface area (Å²) in [4.78, 5) is 0. The summed E-state index contributed by atoms with van der Waals surface area (Å²) in [7, 11) is 0. The molecule has 0 aliphatic carbocycles. The summed E-state index contributed by atoms with van der Waals surface area (Å²) in [6, 6.07) is 4.29. The molecule has 7 heteroatoms. The molecule has 0 aliphatic rings. The molecule has 0 spiro atoms. The van der Waals surface area contributed by atoms with Crippen molar-refractivity contribution in [3.63, 3.8) is 0 Å². The Morgan fingerprint density at radius 2 is 1.62 bits per heavy atom. The van der Waals surface area contributed by atoms with Gasteiger partial charge in [0.05, 0.1) is 22.6 Å². The van der Waals surface area contributed by atoms with Crippen molar-refractivity contribution < 1.29 is 22.0 Å².